The Morgan fingerprint density at radius 3 is 2.50 bits per heavy atom. The Hall–Kier alpha value is -2.73. The van der Waals surface area contributed by atoms with Crippen molar-refractivity contribution in [1.82, 2.24) is 5.32 Å². The largest absolute Gasteiger partial charge is 0.421 e. The summed E-state index contributed by atoms with van der Waals surface area (Å²) in [6.07, 6.45) is 4.17. The van der Waals surface area contributed by atoms with E-state index >= 15 is 0 Å². The van der Waals surface area contributed by atoms with Crippen LogP contribution >= 0.6 is 0 Å². The van der Waals surface area contributed by atoms with Gasteiger partial charge in [0.05, 0.1) is 6.42 Å². The van der Waals surface area contributed by atoms with Crippen LogP contribution in [-0.2, 0) is 30.4 Å². The minimum absolute atomic E-state index is 0.0446. The highest BCUT2D eigenvalue weighted by atomic mass is 16.7. The van der Waals surface area contributed by atoms with Crippen molar-refractivity contribution in [3.63, 3.8) is 0 Å². The fraction of sp³-hybridized carbons (Fsp3) is 0.278. The van der Waals surface area contributed by atoms with Crippen molar-refractivity contribution < 1.29 is 23.9 Å². The molecule has 0 aromatic heterocycles. The van der Waals surface area contributed by atoms with Gasteiger partial charge in [-0.25, -0.2) is 0 Å². The Morgan fingerprint density at radius 2 is 1.88 bits per heavy atom. The molecule has 1 atom stereocenters. The summed E-state index contributed by atoms with van der Waals surface area (Å²) in [7, 11) is 1.27. The molecule has 0 saturated heterocycles. The SMILES string of the molecule is COC1(OC(C)=O)C=C(CC(=O)NCc2ccccc2)C=CC1=O. The van der Waals surface area contributed by atoms with Crippen LogP contribution in [-0.4, -0.2) is 30.6 Å². The summed E-state index contributed by atoms with van der Waals surface area (Å²) < 4.78 is 10.1. The molecule has 0 heterocycles. The molecule has 2 rings (SSSR count). The smallest absolute Gasteiger partial charge is 0.305 e. The Labute approximate surface area is 140 Å². The molecule has 0 aliphatic heterocycles. The van der Waals surface area contributed by atoms with Gasteiger partial charge in [-0.05, 0) is 23.3 Å². The third-order valence-electron chi connectivity index (χ3n) is 3.46. The van der Waals surface area contributed by atoms with Crippen LogP contribution in [0.15, 0.2) is 54.1 Å². The highest BCUT2D eigenvalue weighted by molar-refractivity contribution is 6.01. The highest BCUT2D eigenvalue weighted by Crippen LogP contribution is 2.25. The number of rotatable bonds is 6. The summed E-state index contributed by atoms with van der Waals surface area (Å²) >= 11 is 0. The number of allylic oxidation sites excluding steroid dienone is 1. The summed E-state index contributed by atoms with van der Waals surface area (Å²) in [4.78, 5) is 35.3. The first-order chi connectivity index (χ1) is 11.4. The molecule has 0 bridgehead atoms. The van der Waals surface area contributed by atoms with Gasteiger partial charge < -0.3 is 14.8 Å². The number of benzene rings is 1. The summed E-state index contributed by atoms with van der Waals surface area (Å²) in [5, 5.41) is 2.80. The minimum Gasteiger partial charge on any atom is -0.421 e. The van der Waals surface area contributed by atoms with E-state index < -0.39 is 17.5 Å². The van der Waals surface area contributed by atoms with E-state index in [0.29, 0.717) is 12.1 Å². The molecule has 24 heavy (non-hydrogen) atoms. The standard InChI is InChI=1S/C18H19NO5/c1-13(20)24-18(23-2)11-15(8-9-16(18)21)10-17(22)19-12-14-6-4-3-5-7-14/h3-9,11H,10,12H2,1-2H3,(H,19,22). The topological polar surface area (TPSA) is 81.7 Å². The van der Waals surface area contributed by atoms with Gasteiger partial charge in [0.15, 0.2) is 0 Å². The molecule has 0 fully saturated rings. The second kappa shape index (κ2) is 7.70. The summed E-state index contributed by atoms with van der Waals surface area (Å²) in [5.41, 5.74) is 1.52. The predicted octanol–water partition coefficient (Wildman–Crippen LogP) is 1.66. The molecule has 1 N–H and O–H groups in total. The lowest BCUT2D eigenvalue weighted by Gasteiger charge is -2.28. The molecular formula is C18H19NO5. The maximum atomic E-state index is 12.1. The van der Waals surface area contributed by atoms with E-state index in [-0.39, 0.29) is 12.3 Å². The monoisotopic (exact) mass is 329 g/mol. The van der Waals surface area contributed by atoms with Crippen molar-refractivity contribution in [3.05, 3.63) is 59.7 Å². The lowest BCUT2D eigenvalue weighted by Crippen LogP contribution is -2.44. The first-order valence-electron chi connectivity index (χ1n) is 7.45. The lowest BCUT2D eigenvalue weighted by molar-refractivity contribution is -0.199. The van der Waals surface area contributed by atoms with Gasteiger partial charge in [0.25, 0.3) is 5.79 Å². The molecule has 1 aromatic carbocycles. The van der Waals surface area contributed by atoms with Crippen LogP contribution in [0.3, 0.4) is 0 Å². The van der Waals surface area contributed by atoms with Gasteiger partial charge in [0, 0.05) is 20.6 Å². The van der Waals surface area contributed by atoms with Gasteiger partial charge in [0.2, 0.25) is 11.7 Å². The lowest BCUT2D eigenvalue weighted by atomic mass is 9.97. The third kappa shape index (κ3) is 4.39. The van der Waals surface area contributed by atoms with E-state index in [1.807, 2.05) is 30.3 Å². The maximum absolute atomic E-state index is 12.1. The number of hydrogen-bond donors (Lipinski definition) is 1. The van der Waals surface area contributed by atoms with Crippen LogP contribution in [0.2, 0.25) is 0 Å². The maximum Gasteiger partial charge on any atom is 0.305 e. The van der Waals surface area contributed by atoms with Crippen LogP contribution in [0.4, 0.5) is 0 Å². The van der Waals surface area contributed by atoms with Crippen molar-refractivity contribution in [2.75, 3.05) is 7.11 Å². The van der Waals surface area contributed by atoms with Crippen molar-refractivity contribution in [1.29, 1.82) is 0 Å². The first kappa shape index (κ1) is 17.6. The number of esters is 1. The first-order valence-corrected chi connectivity index (χ1v) is 7.45. The van der Waals surface area contributed by atoms with Crippen molar-refractivity contribution in [2.45, 2.75) is 25.7 Å². The second-order valence-electron chi connectivity index (χ2n) is 5.32. The molecule has 0 saturated carbocycles. The molecule has 6 heteroatoms. The Morgan fingerprint density at radius 1 is 1.17 bits per heavy atom. The molecule has 1 aromatic rings. The van der Waals surface area contributed by atoms with Gasteiger partial charge in [-0.2, -0.15) is 0 Å². The van der Waals surface area contributed by atoms with E-state index in [0.717, 1.165) is 5.56 Å². The highest BCUT2D eigenvalue weighted by Gasteiger charge is 2.40. The molecule has 0 radical (unpaired) electrons. The summed E-state index contributed by atoms with van der Waals surface area (Å²) in [6, 6.07) is 9.52. The Balaban J connectivity index is 2.02. The molecular weight excluding hydrogens is 310 g/mol. The van der Waals surface area contributed by atoms with E-state index in [1.165, 1.54) is 32.3 Å². The molecule has 0 spiro atoms. The average molecular weight is 329 g/mol. The molecule has 1 aliphatic rings. The fourth-order valence-corrected chi connectivity index (χ4v) is 2.31. The van der Waals surface area contributed by atoms with Crippen molar-refractivity contribution in [2.24, 2.45) is 0 Å². The zero-order valence-corrected chi connectivity index (χ0v) is 13.6. The number of methoxy groups -OCH3 is 1. The molecule has 1 aliphatic carbocycles. The summed E-state index contributed by atoms with van der Waals surface area (Å²) in [6.45, 7) is 1.60. The number of amides is 1. The van der Waals surface area contributed by atoms with Crippen LogP contribution in [0.5, 0.6) is 0 Å². The molecule has 6 nitrogen and oxygen atoms in total. The van der Waals surface area contributed by atoms with Gasteiger partial charge >= 0.3 is 5.97 Å². The van der Waals surface area contributed by atoms with E-state index in [2.05, 4.69) is 5.32 Å². The molecule has 1 amide bonds. The predicted molar refractivity (Wildman–Crippen MR) is 86.6 cm³/mol. The van der Waals surface area contributed by atoms with Crippen molar-refractivity contribution >= 4 is 17.7 Å². The zero-order chi connectivity index (χ0) is 17.6. The Kier molecular flexibility index (Phi) is 5.65. The van der Waals surface area contributed by atoms with Gasteiger partial charge in [-0.15, -0.1) is 0 Å². The summed E-state index contributed by atoms with van der Waals surface area (Å²) in [5.74, 6) is -3.16. The van der Waals surface area contributed by atoms with E-state index in [1.54, 1.807) is 0 Å². The van der Waals surface area contributed by atoms with Crippen LogP contribution in [0, 0.1) is 0 Å². The number of nitrogens with one attached hydrogen (secondary N) is 1. The fourth-order valence-electron chi connectivity index (χ4n) is 2.31. The normalized spacial score (nSPS) is 19.6. The number of ether oxygens (including phenoxy) is 2. The van der Waals surface area contributed by atoms with Crippen molar-refractivity contribution in [3.8, 4) is 0 Å². The number of ketones is 1. The van der Waals surface area contributed by atoms with Crippen LogP contribution in [0.25, 0.3) is 0 Å². The molecule has 1 unspecified atom stereocenters. The molecule has 126 valence electrons. The van der Waals surface area contributed by atoms with Crippen LogP contribution < -0.4 is 5.32 Å². The number of carbonyl (C=O) groups excluding carboxylic acids is 3. The van der Waals surface area contributed by atoms with Gasteiger partial charge in [0.1, 0.15) is 0 Å². The second-order valence-corrected chi connectivity index (χ2v) is 5.32. The quantitative estimate of drug-likeness (QED) is 0.634. The minimum atomic E-state index is -1.80. The van der Waals surface area contributed by atoms with Crippen LogP contribution in [0.1, 0.15) is 18.9 Å². The Bertz CT molecular complexity index is 693. The average Bonchev–Trinajstić information content (AvgIpc) is 2.56. The van der Waals surface area contributed by atoms with Gasteiger partial charge in [-0.1, -0.05) is 36.4 Å². The third-order valence-corrected chi connectivity index (χ3v) is 3.46. The van der Waals surface area contributed by atoms with E-state index in [4.69, 9.17) is 9.47 Å². The zero-order valence-electron chi connectivity index (χ0n) is 13.6. The number of hydrogen-bond acceptors (Lipinski definition) is 5. The van der Waals surface area contributed by atoms with Gasteiger partial charge in [-0.3, -0.25) is 14.4 Å². The number of carbonyl (C=O) groups is 3. The van der Waals surface area contributed by atoms with E-state index in [9.17, 15) is 14.4 Å².